The summed E-state index contributed by atoms with van der Waals surface area (Å²) < 4.78 is 7.88. The van der Waals surface area contributed by atoms with Crippen LogP contribution in [0.1, 0.15) is 25.1 Å². The summed E-state index contributed by atoms with van der Waals surface area (Å²) in [5, 5.41) is 10.2. The molecule has 1 saturated heterocycles. The van der Waals surface area contributed by atoms with Crippen LogP contribution < -0.4 is 5.73 Å². The summed E-state index contributed by atoms with van der Waals surface area (Å²) in [6.45, 7) is 4.12. The Labute approximate surface area is 111 Å². The number of aryl methyl sites for hydroxylation is 1. The lowest BCUT2D eigenvalue weighted by Gasteiger charge is -2.14. The van der Waals surface area contributed by atoms with Crippen LogP contribution in [0.25, 0.3) is 11.0 Å². The number of rotatable bonds is 2. The van der Waals surface area contributed by atoms with E-state index in [2.05, 4.69) is 16.9 Å². The number of anilines is 1. The molecule has 3 N–H and O–H groups in total. The van der Waals surface area contributed by atoms with E-state index in [1.54, 1.807) is 0 Å². The van der Waals surface area contributed by atoms with Gasteiger partial charge in [0.1, 0.15) is 24.0 Å². The second-order valence-electron chi connectivity index (χ2n) is 5.20. The van der Waals surface area contributed by atoms with Crippen molar-refractivity contribution in [3.63, 3.8) is 0 Å². The molecule has 3 heterocycles. The van der Waals surface area contributed by atoms with Gasteiger partial charge in [-0.3, -0.25) is 0 Å². The molecule has 0 amide bonds. The van der Waals surface area contributed by atoms with Crippen LogP contribution in [-0.4, -0.2) is 32.4 Å². The highest BCUT2D eigenvalue weighted by Crippen LogP contribution is 2.36. The molecule has 0 aromatic carbocycles. The predicted molar refractivity (Wildman–Crippen MR) is 71.5 cm³/mol. The maximum absolute atomic E-state index is 9.28. The van der Waals surface area contributed by atoms with Crippen molar-refractivity contribution in [2.24, 2.45) is 5.92 Å². The number of nitrogens with zero attached hydrogens (tertiary/aromatic N) is 3. The molecular formula is C13H18N4O2. The highest BCUT2D eigenvalue weighted by atomic mass is 16.5. The summed E-state index contributed by atoms with van der Waals surface area (Å²) in [4.78, 5) is 8.34. The highest BCUT2D eigenvalue weighted by Gasteiger charge is 2.33. The van der Waals surface area contributed by atoms with Crippen molar-refractivity contribution < 1.29 is 9.84 Å². The van der Waals surface area contributed by atoms with E-state index in [4.69, 9.17) is 10.5 Å². The molecule has 0 radical (unpaired) electrons. The van der Waals surface area contributed by atoms with Crippen LogP contribution >= 0.6 is 0 Å². The Hall–Kier alpha value is -1.66. The third-order valence-corrected chi connectivity index (χ3v) is 3.86. The molecule has 102 valence electrons. The second kappa shape index (κ2) is 4.47. The summed E-state index contributed by atoms with van der Waals surface area (Å²) in [5.41, 5.74) is 7.74. The summed E-state index contributed by atoms with van der Waals surface area (Å²) >= 11 is 0. The average Bonchev–Trinajstić information content (AvgIpc) is 2.91. The standard InChI is InChI=1S/C13H18N4O2/c1-7-3-10(19-9(7)5-18)17-4-8(2)11-12(14)15-6-16-13(11)17/h4,6-7,9-10,18H,3,5H2,1-2H3,(H2,14,15,16)/t7-,9+,10+/m0/s1. The third-order valence-electron chi connectivity index (χ3n) is 3.86. The molecule has 0 saturated carbocycles. The van der Waals surface area contributed by atoms with Crippen molar-refractivity contribution in [2.45, 2.75) is 32.6 Å². The minimum Gasteiger partial charge on any atom is -0.394 e. The maximum Gasteiger partial charge on any atom is 0.147 e. The molecule has 2 aromatic rings. The number of hydrogen-bond donors (Lipinski definition) is 2. The molecule has 3 atom stereocenters. The summed E-state index contributed by atoms with van der Waals surface area (Å²) in [6, 6.07) is 0. The lowest BCUT2D eigenvalue weighted by atomic mass is 10.0. The fourth-order valence-electron chi connectivity index (χ4n) is 2.78. The van der Waals surface area contributed by atoms with Gasteiger partial charge in [-0.2, -0.15) is 0 Å². The van der Waals surface area contributed by atoms with Gasteiger partial charge in [-0.1, -0.05) is 6.92 Å². The van der Waals surface area contributed by atoms with Crippen molar-refractivity contribution in [1.82, 2.24) is 14.5 Å². The largest absolute Gasteiger partial charge is 0.394 e. The quantitative estimate of drug-likeness (QED) is 0.850. The average molecular weight is 262 g/mol. The van der Waals surface area contributed by atoms with Crippen LogP contribution in [0, 0.1) is 12.8 Å². The van der Waals surface area contributed by atoms with E-state index >= 15 is 0 Å². The molecular weight excluding hydrogens is 244 g/mol. The van der Waals surface area contributed by atoms with Gasteiger partial charge >= 0.3 is 0 Å². The molecule has 1 fully saturated rings. The van der Waals surface area contributed by atoms with Gasteiger partial charge in [-0.05, 0) is 24.8 Å². The number of aromatic nitrogens is 3. The van der Waals surface area contributed by atoms with Crippen LogP contribution in [0.3, 0.4) is 0 Å². The van der Waals surface area contributed by atoms with Crippen LogP contribution in [0.15, 0.2) is 12.5 Å². The van der Waals surface area contributed by atoms with Gasteiger partial charge in [0.2, 0.25) is 0 Å². The molecule has 6 nitrogen and oxygen atoms in total. The number of aliphatic hydroxyl groups excluding tert-OH is 1. The zero-order valence-corrected chi connectivity index (χ0v) is 11.1. The molecule has 19 heavy (non-hydrogen) atoms. The lowest BCUT2D eigenvalue weighted by Crippen LogP contribution is -2.18. The van der Waals surface area contributed by atoms with Gasteiger partial charge in [0, 0.05) is 6.20 Å². The van der Waals surface area contributed by atoms with Gasteiger partial charge in [0.25, 0.3) is 0 Å². The number of nitrogen functional groups attached to an aromatic ring is 1. The monoisotopic (exact) mass is 262 g/mol. The fourth-order valence-corrected chi connectivity index (χ4v) is 2.78. The highest BCUT2D eigenvalue weighted by molar-refractivity contribution is 5.89. The Bertz CT molecular complexity index is 610. The number of ether oxygens (including phenoxy) is 1. The normalized spacial score (nSPS) is 27.2. The molecule has 2 aromatic heterocycles. The van der Waals surface area contributed by atoms with Gasteiger partial charge < -0.3 is 20.1 Å². The smallest absolute Gasteiger partial charge is 0.147 e. The fraction of sp³-hybridized carbons (Fsp3) is 0.538. The van der Waals surface area contributed by atoms with Gasteiger partial charge in [0.15, 0.2) is 0 Å². The molecule has 0 spiro atoms. The van der Waals surface area contributed by atoms with Crippen molar-refractivity contribution in [3.8, 4) is 0 Å². The Balaban J connectivity index is 2.05. The first-order chi connectivity index (χ1) is 9.11. The summed E-state index contributed by atoms with van der Waals surface area (Å²) in [5.74, 6) is 0.818. The summed E-state index contributed by atoms with van der Waals surface area (Å²) in [6.07, 6.45) is 4.11. The van der Waals surface area contributed by atoms with E-state index in [1.165, 1.54) is 6.33 Å². The molecule has 0 aliphatic carbocycles. The van der Waals surface area contributed by atoms with E-state index < -0.39 is 0 Å². The Kier molecular flexibility index (Phi) is 2.91. The Morgan fingerprint density at radius 1 is 1.53 bits per heavy atom. The van der Waals surface area contributed by atoms with Crippen molar-refractivity contribution in [3.05, 3.63) is 18.1 Å². The Morgan fingerprint density at radius 3 is 3.00 bits per heavy atom. The minimum absolute atomic E-state index is 0.0486. The van der Waals surface area contributed by atoms with E-state index in [0.29, 0.717) is 11.7 Å². The van der Waals surface area contributed by atoms with Crippen LogP contribution in [0.5, 0.6) is 0 Å². The Morgan fingerprint density at radius 2 is 2.32 bits per heavy atom. The molecule has 6 heteroatoms. The molecule has 1 aliphatic heterocycles. The van der Waals surface area contributed by atoms with Crippen LogP contribution in [0.4, 0.5) is 5.82 Å². The van der Waals surface area contributed by atoms with E-state index in [1.807, 2.05) is 17.7 Å². The SMILES string of the molecule is Cc1cn([C@H]2C[C@H](C)[C@@H](CO)O2)c2ncnc(N)c12. The van der Waals surface area contributed by atoms with E-state index in [9.17, 15) is 5.11 Å². The number of nitrogens with two attached hydrogens (primary N) is 1. The lowest BCUT2D eigenvalue weighted by molar-refractivity contribution is -0.0275. The number of fused-ring (bicyclic) bond motifs is 1. The van der Waals surface area contributed by atoms with Crippen molar-refractivity contribution in [1.29, 1.82) is 0 Å². The van der Waals surface area contributed by atoms with Crippen LogP contribution in [-0.2, 0) is 4.74 Å². The van der Waals surface area contributed by atoms with Gasteiger partial charge in [-0.25, -0.2) is 9.97 Å². The number of aliphatic hydroxyl groups is 1. The number of hydrogen-bond acceptors (Lipinski definition) is 5. The van der Waals surface area contributed by atoms with E-state index in [0.717, 1.165) is 23.0 Å². The molecule has 0 unspecified atom stereocenters. The van der Waals surface area contributed by atoms with E-state index in [-0.39, 0.29) is 18.9 Å². The first-order valence-corrected chi connectivity index (χ1v) is 6.45. The first-order valence-electron chi connectivity index (χ1n) is 6.45. The van der Waals surface area contributed by atoms with Crippen molar-refractivity contribution >= 4 is 16.9 Å². The predicted octanol–water partition coefficient (Wildman–Crippen LogP) is 1.24. The zero-order valence-electron chi connectivity index (χ0n) is 11.1. The molecule has 1 aliphatic rings. The zero-order chi connectivity index (χ0) is 13.6. The second-order valence-corrected chi connectivity index (χ2v) is 5.20. The topological polar surface area (TPSA) is 86.2 Å². The molecule has 0 bridgehead atoms. The van der Waals surface area contributed by atoms with Gasteiger partial charge in [0.05, 0.1) is 18.1 Å². The third kappa shape index (κ3) is 1.87. The van der Waals surface area contributed by atoms with Crippen molar-refractivity contribution in [2.75, 3.05) is 12.3 Å². The maximum atomic E-state index is 9.28. The minimum atomic E-state index is -0.109. The van der Waals surface area contributed by atoms with Crippen LogP contribution in [0.2, 0.25) is 0 Å². The van der Waals surface area contributed by atoms with Gasteiger partial charge in [-0.15, -0.1) is 0 Å². The summed E-state index contributed by atoms with van der Waals surface area (Å²) in [7, 11) is 0. The molecule has 3 rings (SSSR count). The first kappa shape index (κ1) is 12.4.